The van der Waals surface area contributed by atoms with Crippen LogP contribution in [0.5, 0.6) is 0 Å². The summed E-state index contributed by atoms with van der Waals surface area (Å²) in [6.07, 6.45) is 2.52. The van der Waals surface area contributed by atoms with Gasteiger partial charge in [0, 0.05) is 24.6 Å². The number of hydrogen-bond acceptors (Lipinski definition) is 3. The van der Waals surface area contributed by atoms with E-state index in [4.69, 9.17) is 5.11 Å². The lowest BCUT2D eigenvalue weighted by Gasteiger charge is -2.16. The van der Waals surface area contributed by atoms with Crippen molar-refractivity contribution in [3.8, 4) is 0 Å². The molecule has 0 aromatic heterocycles. The third kappa shape index (κ3) is 3.97. The topological polar surface area (TPSA) is 78.4 Å². The van der Waals surface area contributed by atoms with Crippen molar-refractivity contribution in [2.24, 2.45) is 0 Å². The van der Waals surface area contributed by atoms with Gasteiger partial charge in [-0.2, -0.15) is 0 Å². The van der Waals surface area contributed by atoms with Gasteiger partial charge in [0.05, 0.1) is 0 Å². The fourth-order valence-electron chi connectivity index (χ4n) is 2.68. The molecule has 1 unspecified atom stereocenters. The number of anilines is 1. The first-order valence-electron chi connectivity index (χ1n) is 7.46. The molecule has 3 N–H and O–H groups in total. The number of hydrogen-bond donors (Lipinski definition) is 3. The third-order valence-corrected chi connectivity index (χ3v) is 3.85. The van der Waals surface area contributed by atoms with Crippen LogP contribution in [0.25, 0.3) is 0 Å². The van der Waals surface area contributed by atoms with Crippen LogP contribution in [0, 0.1) is 0 Å². The monoisotopic (exact) mass is 290 g/mol. The Morgan fingerprint density at radius 2 is 2.19 bits per heavy atom. The number of para-hydroxylation sites is 1. The second-order valence-corrected chi connectivity index (χ2v) is 5.47. The number of fused-ring (bicyclic) bond motifs is 1. The number of carbonyl (C=O) groups is 2. The second kappa shape index (κ2) is 7.11. The molecule has 1 aliphatic heterocycles. The Bertz CT molecular complexity index is 516. The number of amides is 1. The first-order chi connectivity index (χ1) is 10.1. The van der Waals surface area contributed by atoms with Crippen LogP contribution in [0.3, 0.4) is 0 Å². The molecular weight excluding hydrogens is 268 g/mol. The van der Waals surface area contributed by atoms with Crippen LogP contribution in [0.2, 0.25) is 0 Å². The fourth-order valence-corrected chi connectivity index (χ4v) is 2.68. The Balaban J connectivity index is 1.91. The quantitative estimate of drug-likeness (QED) is 0.720. The maximum absolute atomic E-state index is 12.1. The molecule has 0 spiro atoms. The molecule has 1 aromatic rings. The highest BCUT2D eigenvalue weighted by Crippen LogP contribution is 2.33. The molecule has 2 atom stereocenters. The number of nitrogens with one attached hydrogen (secondary N) is 2. The van der Waals surface area contributed by atoms with Crippen molar-refractivity contribution >= 4 is 17.6 Å². The van der Waals surface area contributed by atoms with Gasteiger partial charge in [-0.3, -0.25) is 4.79 Å². The molecule has 0 saturated carbocycles. The molecule has 0 saturated heterocycles. The summed E-state index contributed by atoms with van der Waals surface area (Å²) in [6.45, 7) is 2.72. The van der Waals surface area contributed by atoms with Gasteiger partial charge >= 0.3 is 5.97 Å². The number of rotatable bonds is 7. The summed E-state index contributed by atoms with van der Waals surface area (Å²) in [5, 5.41) is 15.1. The minimum atomic E-state index is -0.957. The van der Waals surface area contributed by atoms with Gasteiger partial charge in [0.15, 0.2) is 0 Å². The third-order valence-electron chi connectivity index (χ3n) is 3.85. The van der Waals surface area contributed by atoms with Crippen LogP contribution < -0.4 is 10.6 Å². The van der Waals surface area contributed by atoms with E-state index in [1.54, 1.807) is 0 Å². The lowest BCUT2D eigenvalue weighted by molar-refractivity contribution is -0.142. The molecule has 1 aliphatic rings. The Kier molecular flexibility index (Phi) is 5.20. The summed E-state index contributed by atoms with van der Waals surface area (Å²) in [5.74, 6) is -1.04. The van der Waals surface area contributed by atoms with E-state index in [-0.39, 0.29) is 11.8 Å². The Morgan fingerprint density at radius 3 is 2.90 bits per heavy atom. The summed E-state index contributed by atoms with van der Waals surface area (Å²) >= 11 is 0. The van der Waals surface area contributed by atoms with Crippen molar-refractivity contribution in [2.75, 3.05) is 11.9 Å². The predicted octanol–water partition coefficient (Wildman–Crippen LogP) is 2.35. The number of carboxylic acid groups (broad SMARTS) is 1. The zero-order valence-electron chi connectivity index (χ0n) is 12.3. The maximum atomic E-state index is 12.1. The number of unbranched alkanes of at least 4 members (excludes halogenated alkanes) is 1. The molecule has 2 rings (SSSR count). The van der Waals surface area contributed by atoms with Gasteiger partial charge in [-0.15, -0.1) is 0 Å². The minimum Gasteiger partial charge on any atom is -0.480 e. The van der Waals surface area contributed by atoms with Crippen molar-refractivity contribution in [1.82, 2.24) is 5.32 Å². The van der Waals surface area contributed by atoms with Crippen LogP contribution in [0.15, 0.2) is 24.3 Å². The van der Waals surface area contributed by atoms with E-state index >= 15 is 0 Å². The number of benzene rings is 1. The lowest BCUT2D eigenvalue weighted by Crippen LogP contribution is -2.41. The number of aliphatic carboxylic acids is 1. The van der Waals surface area contributed by atoms with Gasteiger partial charge in [0.25, 0.3) is 0 Å². The molecule has 1 aromatic carbocycles. The van der Waals surface area contributed by atoms with E-state index in [2.05, 4.69) is 10.6 Å². The van der Waals surface area contributed by atoms with Crippen molar-refractivity contribution in [3.63, 3.8) is 0 Å². The fraction of sp³-hybridized carbons (Fsp3) is 0.500. The molecule has 5 nitrogen and oxygen atoms in total. The van der Waals surface area contributed by atoms with Crippen LogP contribution in [0.4, 0.5) is 5.69 Å². The molecule has 1 heterocycles. The maximum Gasteiger partial charge on any atom is 0.326 e. The lowest BCUT2D eigenvalue weighted by atomic mass is 9.97. The molecule has 21 heavy (non-hydrogen) atoms. The molecule has 0 radical (unpaired) electrons. The molecular formula is C16H22N2O3. The first kappa shape index (κ1) is 15.4. The molecule has 0 fully saturated rings. The van der Waals surface area contributed by atoms with Crippen LogP contribution in [-0.2, 0) is 9.59 Å². The highest BCUT2D eigenvalue weighted by molar-refractivity contribution is 5.84. The largest absolute Gasteiger partial charge is 0.480 e. The summed E-state index contributed by atoms with van der Waals surface area (Å²) in [4.78, 5) is 23.2. The van der Waals surface area contributed by atoms with Crippen LogP contribution >= 0.6 is 0 Å². The van der Waals surface area contributed by atoms with E-state index in [9.17, 15) is 9.59 Å². The van der Waals surface area contributed by atoms with Gasteiger partial charge in [0.2, 0.25) is 5.91 Å². The highest BCUT2D eigenvalue weighted by Gasteiger charge is 2.26. The van der Waals surface area contributed by atoms with Crippen LogP contribution in [0.1, 0.15) is 44.1 Å². The SMILES string of the molecule is CCCC[C@H](NC(=O)CC1CNc2ccccc21)C(=O)O. The predicted molar refractivity (Wildman–Crippen MR) is 81.4 cm³/mol. The van der Waals surface area contributed by atoms with Gasteiger partial charge < -0.3 is 15.7 Å². The standard InChI is InChI=1S/C16H22N2O3/c1-2-3-7-14(16(20)21)18-15(19)9-11-10-17-13-8-5-4-6-12(11)13/h4-6,8,11,14,17H,2-3,7,9-10H2,1H3,(H,18,19)(H,20,21)/t11?,14-/m0/s1. The van der Waals surface area contributed by atoms with E-state index in [0.717, 1.165) is 30.6 Å². The van der Waals surface area contributed by atoms with E-state index in [0.29, 0.717) is 12.8 Å². The molecule has 1 amide bonds. The Hall–Kier alpha value is -2.04. The second-order valence-electron chi connectivity index (χ2n) is 5.47. The smallest absolute Gasteiger partial charge is 0.326 e. The number of carbonyl (C=O) groups excluding carboxylic acids is 1. The Morgan fingerprint density at radius 1 is 1.43 bits per heavy atom. The van der Waals surface area contributed by atoms with E-state index in [1.807, 2.05) is 31.2 Å². The summed E-state index contributed by atoms with van der Waals surface area (Å²) in [6, 6.07) is 7.15. The van der Waals surface area contributed by atoms with Crippen molar-refractivity contribution in [1.29, 1.82) is 0 Å². The van der Waals surface area contributed by atoms with Crippen molar-refractivity contribution in [3.05, 3.63) is 29.8 Å². The summed E-state index contributed by atoms with van der Waals surface area (Å²) in [7, 11) is 0. The normalized spacial score (nSPS) is 17.7. The summed E-state index contributed by atoms with van der Waals surface area (Å²) in [5.41, 5.74) is 2.20. The number of carboxylic acids is 1. The molecule has 114 valence electrons. The summed E-state index contributed by atoms with van der Waals surface area (Å²) < 4.78 is 0. The average Bonchev–Trinajstić information content (AvgIpc) is 2.86. The minimum absolute atomic E-state index is 0.113. The van der Waals surface area contributed by atoms with Gasteiger partial charge in [-0.1, -0.05) is 38.0 Å². The van der Waals surface area contributed by atoms with Gasteiger partial charge in [-0.25, -0.2) is 4.79 Å². The first-order valence-corrected chi connectivity index (χ1v) is 7.46. The average molecular weight is 290 g/mol. The molecule has 0 aliphatic carbocycles. The zero-order chi connectivity index (χ0) is 15.2. The zero-order valence-corrected chi connectivity index (χ0v) is 12.3. The van der Waals surface area contributed by atoms with Crippen LogP contribution in [-0.4, -0.2) is 29.6 Å². The van der Waals surface area contributed by atoms with Gasteiger partial charge in [-0.05, 0) is 18.1 Å². The molecule has 0 bridgehead atoms. The molecule has 5 heteroatoms. The van der Waals surface area contributed by atoms with E-state index < -0.39 is 12.0 Å². The van der Waals surface area contributed by atoms with Crippen molar-refractivity contribution in [2.45, 2.75) is 44.6 Å². The van der Waals surface area contributed by atoms with Gasteiger partial charge in [0.1, 0.15) is 6.04 Å². The van der Waals surface area contributed by atoms with E-state index in [1.165, 1.54) is 0 Å². The Labute approximate surface area is 124 Å². The highest BCUT2D eigenvalue weighted by atomic mass is 16.4. The van der Waals surface area contributed by atoms with Crippen molar-refractivity contribution < 1.29 is 14.7 Å².